The van der Waals surface area contributed by atoms with Crippen LogP contribution in [-0.4, -0.2) is 41.6 Å². The highest BCUT2D eigenvalue weighted by molar-refractivity contribution is 5.90. The van der Waals surface area contributed by atoms with Crippen molar-refractivity contribution in [2.75, 3.05) is 25.0 Å². The molecule has 1 aliphatic rings. The molecule has 20 heavy (non-hydrogen) atoms. The monoisotopic (exact) mass is 276 g/mol. The molecule has 0 aliphatic carbocycles. The Kier molecular flexibility index (Phi) is 4.04. The summed E-state index contributed by atoms with van der Waals surface area (Å²) in [6, 6.07) is 7.83. The third-order valence-electron chi connectivity index (χ3n) is 4.18. The summed E-state index contributed by atoms with van der Waals surface area (Å²) >= 11 is 0. The summed E-state index contributed by atoms with van der Waals surface area (Å²) in [6.45, 7) is 7.34. The highest BCUT2D eigenvalue weighted by Crippen LogP contribution is 2.34. The van der Waals surface area contributed by atoms with E-state index in [1.807, 2.05) is 52.1 Å². The number of hydrogen-bond donors (Lipinski definition) is 1. The van der Waals surface area contributed by atoms with Crippen molar-refractivity contribution in [3.05, 3.63) is 29.8 Å². The van der Waals surface area contributed by atoms with Crippen LogP contribution in [-0.2, 0) is 4.79 Å². The van der Waals surface area contributed by atoms with Crippen molar-refractivity contribution >= 4 is 11.6 Å². The van der Waals surface area contributed by atoms with Gasteiger partial charge in [0.1, 0.15) is 5.54 Å². The van der Waals surface area contributed by atoms with E-state index in [0.717, 1.165) is 17.8 Å². The van der Waals surface area contributed by atoms with Gasteiger partial charge in [-0.2, -0.15) is 0 Å². The largest absolute Gasteiger partial charge is 0.388 e. The molecule has 1 heterocycles. The number of nitrogens with zero attached hydrogens (tertiary/aromatic N) is 2. The third kappa shape index (κ3) is 2.40. The molecule has 1 saturated heterocycles. The Morgan fingerprint density at radius 2 is 1.95 bits per heavy atom. The molecule has 0 saturated carbocycles. The lowest BCUT2D eigenvalue weighted by Crippen LogP contribution is -2.62. The van der Waals surface area contributed by atoms with Gasteiger partial charge in [-0.15, -0.1) is 0 Å². The molecule has 0 bridgehead atoms. The molecule has 2 rings (SSSR count). The van der Waals surface area contributed by atoms with E-state index in [4.69, 9.17) is 0 Å². The lowest BCUT2D eigenvalue weighted by molar-refractivity contribution is -0.136. The summed E-state index contributed by atoms with van der Waals surface area (Å²) in [6.07, 6.45) is 0.177. The van der Waals surface area contributed by atoms with Gasteiger partial charge in [-0.3, -0.25) is 4.79 Å². The molecule has 0 unspecified atom stereocenters. The number of amides is 1. The standard InChI is InChI=1S/C16H24N2O2/c1-5-14(19)12-8-6-7-9-13(12)18-11-10-17(4)15(20)16(18,2)3/h6-9,14,19H,5,10-11H2,1-4H3/t14-/m0/s1. The van der Waals surface area contributed by atoms with Crippen LogP contribution < -0.4 is 4.90 Å². The van der Waals surface area contributed by atoms with Crippen molar-refractivity contribution in [3.8, 4) is 0 Å². The van der Waals surface area contributed by atoms with Crippen molar-refractivity contribution in [2.45, 2.75) is 38.8 Å². The SMILES string of the molecule is CC[C@H](O)c1ccccc1N1CCN(C)C(=O)C1(C)C. The summed E-state index contributed by atoms with van der Waals surface area (Å²) in [5.74, 6) is 0.115. The van der Waals surface area contributed by atoms with Crippen molar-refractivity contribution in [2.24, 2.45) is 0 Å². The first-order valence-corrected chi connectivity index (χ1v) is 7.19. The molecule has 1 atom stereocenters. The van der Waals surface area contributed by atoms with E-state index in [1.54, 1.807) is 4.90 Å². The fourth-order valence-electron chi connectivity index (χ4n) is 2.87. The third-order valence-corrected chi connectivity index (χ3v) is 4.18. The van der Waals surface area contributed by atoms with Crippen LogP contribution in [0.1, 0.15) is 38.9 Å². The second-order valence-electron chi connectivity index (χ2n) is 5.92. The Bertz CT molecular complexity index is 499. The Hall–Kier alpha value is -1.55. The van der Waals surface area contributed by atoms with Gasteiger partial charge in [-0.25, -0.2) is 0 Å². The van der Waals surface area contributed by atoms with Gasteiger partial charge in [0.15, 0.2) is 0 Å². The van der Waals surface area contributed by atoms with Crippen LogP contribution in [0, 0.1) is 0 Å². The second kappa shape index (κ2) is 5.44. The van der Waals surface area contributed by atoms with Crippen molar-refractivity contribution < 1.29 is 9.90 Å². The summed E-state index contributed by atoms with van der Waals surface area (Å²) in [5, 5.41) is 10.2. The fourth-order valence-corrected chi connectivity index (χ4v) is 2.87. The van der Waals surface area contributed by atoms with Crippen LogP contribution in [0.15, 0.2) is 24.3 Å². The lowest BCUT2D eigenvalue weighted by Gasteiger charge is -2.47. The number of likely N-dealkylation sites (N-methyl/N-ethyl adjacent to an activating group) is 1. The number of benzene rings is 1. The average molecular weight is 276 g/mol. The number of aliphatic hydroxyl groups excluding tert-OH is 1. The number of anilines is 1. The molecule has 1 amide bonds. The number of carbonyl (C=O) groups excluding carboxylic acids is 1. The fraction of sp³-hybridized carbons (Fsp3) is 0.562. The first-order valence-electron chi connectivity index (χ1n) is 7.19. The summed E-state index contributed by atoms with van der Waals surface area (Å²) in [4.78, 5) is 16.3. The minimum absolute atomic E-state index is 0.115. The maximum absolute atomic E-state index is 12.4. The molecule has 0 radical (unpaired) electrons. The summed E-state index contributed by atoms with van der Waals surface area (Å²) < 4.78 is 0. The number of hydrogen-bond acceptors (Lipinski definition) is 3. The minimum Gasteiger partial charge on any atom is -0.388 e. The molecule has 0 spiro atoms. The number of rotatable bonds is 3. The zero-order valence-corrected chi connectivity index (χ0v) is 12.8. The normalized spacial score (nSPS) is 20.1. The van der Waals surface area contributed by atoms with E-state index in [2.05, 4.69) is 4.90 Å². The van der Waals surface area contributed by atoms with Crippen molar-refractivity contribution in [1.29, 1.82) is 0 Å². The highest BCUT2D eigenvalue weighted by atomic mass is 16.3. The number of para-hydroxylation sites is 1. The Morgan fingerprint density at radius 1 is 1.30 bits per heavy atom. The molecule has 1 fully saturated rings. The molecule has 1 aromatic carbocycles. The van der Waals surface area contributed by atoms with Gasteiger partial charge in [-0.1, -0.05) is 25.1 Å². The molecule has 110 valence electrons. The first-order chi connectivity index (χ1) is 9.39. The maximum atomic E-state index is 12.4. The second-order valence-corrected chi connectivity index (χ2v) is 5.92. The topological polar surface area (TPSA) is 43.8 Å². The van der Waals surface area contributed by atoms with E-state index in [0.29, 0.717) is 13.0 Å². The predicted molar refractivity (Wildman–Crippen MR) is 80.8 cm³/mol. The molecule has 4 nitrogen and oxygen atoms in total. The van der Waals surface area contributed by atoms with Gasteiger partial charge in [0.2, 0.25) is 5.91 Å². The minimum atomic E-state index is -0.587. The highest BCUT2D eigenvalue weighted by Gasteiger charge is 2.41. The van der Waals surface area contributed by atoms with Crippen LogP contribution in [0.25, 0.3) is 0 Å². The van der Waals surface area contributed by atoms with Crippen LogP contribution in [0.2, 0.25) is 0 Å². The van der Waals surface area contributed by atoms with E-state index in [1.165, 1.54) is 0 Å². The van der Waals surface area contributed by atoms with Gasteiger partial charge >= 0.3 is 0 Å². The van der Waals surface area contributed by atoms with Crippen molar-refractivity contribution in [1.82, 2.24) is 4.90 Å². The molecular formula is C16H24N2O2. The zero-order chi connectivity index (χ0) is 14.9. The van der Waals surface area contributed by atoms with Gasteiger partial charge < -0.3 is 14.9 Å². The molecule has 0 aromatic heterocycles. The number of piperazine rings is 1. The van der Waals surface area contributed by atoms with E-state index in [9.17, 15) is 9.90 Å². The zero-order valence-electron chi connectivity index (χ0n) is 12.8. The lowest BCUT2D eigenvalue weighted by atomic mass is 9.94. The van der Waals surface area contributed by atoms with Crippen LogP contribution >= 0.6 is 0 Å². The Morgan fingerprint density at radius 3 is 2.60 bits per heavy atom. The molecule has 4 heteroatoms. The summed E-state index contributed by atoms with van der Waals surface area (Å²) in [7, 11) is 1.84. The quantitative estimate of drug-likeness (QED) is 0.920. The van der Waals surface area contributed by atoms with Gasteiger partial charge in [-0.05, 0) is 26.3 Å². The van der Waals surface area contributed by atoms with Gasteiger partial charge in [0.25, 0.3) is 0 Å². The van der Waals surface area contributed by atoms with Crippen LogP contribution in [0.4, 0.5) is 5.69 Å². The van der Waals surface area contributed by atoms with Gasteiger partial charge in [0, 0.05) is 31.4 Å². The first kappa shape index (κ1) is 14.9. The van der Waals surface area contributed by atoms with Crippen LogP contribution in [0.3, 0.4) is 0 Å². The Balaban J connectivity index is 2.43. The average Bonchev–Trinajstić information content (AvgIpc) is 2.44. The predicted octanol–water partition coefficient (Wildman–Crippen LogP) is 2.19. The molecule has 1 aliphatic heterocycles. The summed E-state index contributed by atoms with van der Waals surface area (Å²) in [5.41, 5.74) is 1.28. The number of carbonyl (C=O) groups is 1. The smallest absolute Gasteiger partial charge is 0.247 e. The van der Waals surface area contributed by atoms with E-state index >= 15 is 0 Å². The van der Waals surface area contributed by atoms with Crippen molar-refractivity contribution in [3.63, 3.8) is 0 Å². The van der Waals surface area contributed by atoms with E-state index in [-0.39, 0.29) is 5.91 Å². The van der Waals surface area contributed by atoms with E-state index < -0.39 is 11.6 Å². The molecule has 1 aromatic rings. The van der Waals surface area contributed by atoms with Crippen LogP contribution in [0.5, 0.6) is 0 Å². The number of aliphatic hydroxyl groups is 1. The molecule has 1 N–H and O–H groups in total. The van der Waals surface area contributed by atoms with Gasteiger partial charge in [0.05, 0.1) is 6.10 Å². The Labute approximate surface area is 121 Å². The maximum Gasteiger partial charge on any atom is 0.247 e. The molecular weight excluding hydrogens is 252 g/mol.